The number of piperidine rings is 1. The number of likely N-dealkylation sites (tertiary alicyclic amines) is 1. The maximum atomic E-state index is 12.5. The Morgan fingerprint density at radius 2 is 1.85 bits per heavy atom. The van der Waals surface area contributed by atoms with Crippen molar-refractivity contribution in [2.45, 2.75) is 32.4 Å². The Morgan fingerprint density at radius 1 is 1.30 bits per heavy atom. The fraction of sp³-hybridized carbons (Fsp3) is 0.833. The molecule has 0 aromatic carbocycles. The van der Waals surface area contributed by atoms with Crippen LogP contribution < -0.4 is 0 Å². The summed E-state index contributed by atoms with van der Waals surface area (Å²) in [7, 11) is 0. The molecular formula is C12H19F3N2O3. The van der Waals surface area contributed by atoms with Crippen molar-refractivity contribution in [1.82, 2.24) is 9.80 Å². The van der Waals surface area contributed by atoms with Gasteiger partial charge >= 0.3 is 18.2 Å². The molecule has 0 unspecified atom stereocenters. The van der Waals surface area contributed by atoms with E-state index in [1.165, 1.54) is 4.90 Å². The average Bonchev–Trinajstić information content (AvgIpc) is 2.36. The van der Waals surface area contributed by atoms with Crippen LogP contribution in [-0.4, -0.2) is 59.3 Å². The standard InChI is InChI=1S/C12H19F3N2O3/c1-2-5-17(8-10(18)19)11(20)16-6-3-9(4-7-16)12(13,14)15/h9H,2-8H2,1H3,(H,18,19). The van der Waals surface area contributed by atoms with Gasteiger partial charge in [-0.2, -0.15) is 13.2 Å². The number of hydrogen-bond donors (Lipinski definition) is 1. The van der Waals surface area contributed by atoms with Gasteiger partial charge < -0.3 is 14.9 Å². The maximum Gasteiger partial charge on any atom is 0.391 e. The first kappa shape index (κ1) is 16.6. The number of rotatable bonds is 4. The Labute approximate surface area is 115 Å². The van der Waals surface area contributed by atoms with Gasteiger partial charge in [-0.3, -0.25) is 4.79 Å². The fourth-order valence-electron chi connectivity index (χ4n) is 2.27. The lowest BCUT2D eigenvalue weighted by molar-refractivity contribution is -0.183. The van der Waals surface area contributed by atoms with Crippen LogP contribution in [0, 0.1) is 5.92 Å². The van der Waals surface area contributed by atoms with Crippen LogP contribution in [0.4, 0.5) is 18.0 Å². The lowest BCUT2D eigenvalue weighted by Crippen LogP contribution is -2.49. The number of alkyl halides is 3. The number of urea groups is 1. The summed E-state index contributed by atoms with van der Waals surface area (Å²) in [6, 6.07) is -0.491. The number of amides is 2. The van der Waals surface area contributed by atoms with Crippen molar-refractivity contribution in [1.29, 1.82) is 0 Å². The average molecular weight is 296 g/mol. The molecule has 2 amide bonds. The van der Waals surface area contributed by atoms with Gasteiger partial charge in [-0.1, -0.05) is 6.92 Å². The Bertz CT molecular complexity index is 352. The van der Waals surface area contributed by atoms with Crippen LogP contribution in [0.1, 0.15) is 26.2 Å². The van der Waals surface area contributed by atoms with Gasteiger partial charge in [0.2, 0.25) is 0 Å². The van der Waals surface area contributed by atoms with Gasteiger partial charge in [0.05, 0.1) is 5.92 Å². The largest absolute Gasteiger partial charge is 0.480 e. The number of hydrogen-bond acceptors (Lipinski definition) is 2. The molecule has 1 rings (SSSR count). The number of carbonyl (C=O) groups is 2. The van der Waals surface area contributed by atoms with E-state index in [-0.39, 0.29) is 32.5 Å². The Morgan fingerprint density at radius 3 is 2.25 bits per heavy atom. The second kappa shape index (κ2) is 6.81. The summed E-state index contributed by atoms with van der Waals surface area (Å²) >= 11 is 0. The quantitative estimate of drug-likeness (QED) is 0.865. The first-order valence-electron chi connectivity index (χ1n) is 6.58. The molecule has 20 heavy (non-hydrogen) atoms. The third-order valence-electron chi connectivity index (χ3n) is 3.32. The van der Waals surface area contributed by atoms with Crippen molar-refractivity contribution < 1.29 is 27.9 Å². The molecule has 0 aromatic heterocycles. The van der Waals surface area contributed by atoms with Crippen LogP contribution in [-0.2, 0) is 4.79 Å². The predicted octanol–water partition coefficient (Wildman–Crippen LogP) is 2.18. The number of aliphatic carboxylic acids is 1. The van der Waals surface area contributed by atoms with Gasteiger partial charge in [0, 0.05) is 19.6 Å². The molecule has 8 heteroatoms. The zero-order valence-corrected chi connectivity index (χ0v) is 11.3. The molecule has 1 saturated heterocycles. The molecule has 1 heterocycles. The van der Waals surface area contributed by atoms with Crippen molar-refractivity contribution in [2.75, 3.05) is 26.2 Å². The highest BCUT2D eigenvalue weighted by molar-refractivity contribution is 5.80. The molecule has 116 valence electrons. The number of carbonyl (C=O) groups excluding carboxylic acids is 1. The smallest absolute Gasteiger partial charge is 0.391 e. The van der Waals surface area contributed by atoms with Crippen LogP contribution in [0.15, 0.2) is 0 Å². The van der Waals surface area contributed by atoms with Gasteiger partial charge in [-0.25, -0.2) is 4.79 Å². The number of carboxylic acids is 1. The highest BCUT2D eigenvalue weighted by Crippen LogP contribution is 2.34. The normalized spacial score (nSPS) is 17.1. The van der Waals surface area contributed by atoms with Crippen LogP contribution >= 0.6 is 0 Å². The van der Waals surface area contributed by atoms with E-state index in [0.717, 1.165) is 4.90 Å². The maximum absolute atomic E-state index is 12.5. The monoisotopic (exact) mass is 296 g/mol. The highest BCUT2D eigenvalue weighted by Gasteiger charge is 2.42. The van der Waals surface area contributed by atoms with Crippen LogP contribution in [0.3, 0.4) is 0 Å². The third-order valence-corrected chi connectivity index (χ3v) is 3.32. The predicted molar refractivity (Wildman–Crippen MR) is 65.2 cm³/mol. The van der Waals surface area contributed by atoms with E-state index in [2.05, 4.69) is 0 Å². The fourth-order valence-corrected chi connectivity index (χ4v) is 2.27. The first-order valence-corrected chi connectivity index (χ1v) is 6.58. The molecule has 0 bridgehead atoms. The lowest BCUT2D eigenvalue weighted by Gasteiger charge is -2.35. The molecule has 0 saturated carbocycles. The Hall–Kier alpha value is -1.47. The highest BCUT2D eigenvalue weighted by atomic mass is 19.4. The summed E-state index contributed by atoms with van der Waals surface area (Å²) < 4.78 is 37.6. The van der Waals surface area contributed by atoms with E-state index in [4.69, 9.17) is 5.11 Å². The van der Waals surface area contributed by atoms with Crippen LogP contribution in [0.5, 0.6) is 0 Å². The van der Waals surface area contributed by atoms with Crippen molar-refractivity contribution in [3.63, 3.8) is 0 Å². The molecule has 1 aliphatic heterocycles. The van der Waals surface area contributed by atoms with Crippen molar-refractivity contribution in [2.24, 2.45) is 5.92 Å². The molecule has 1 N–H and O–H groups in total. The summed E-state index contributed by atoms with van der Waals surface area (Å²) in [6.45, 7) is 1.69. The number of nitrogens with zero attached hydrogens (tertiary/aromatic N) is 2. The summed E-state index contributed by atoms with van der Waals surface area (Å²) in [5, 5.41) is 8.75. The minimum Gasteiger partial charge on any atom is -0.480 e. The molecular weight excluding hydrogens is 277 g/mol. The number of carboxylic acid groups (broad SMARTS) is 1. The minimum absolute atomic E-state index is 0.0167. The van der Waals surface area contributed by atoms with E-state index in [9.17, 15) is 22.8 Å². The van der Waals surface area contributed by atoms with E-state index in [0.29, 0.717) is 6.42 Å². The van der Waals surface area contributed by atoms with Crippen molar-refractivity contribution in [3.8, 4) is 0 Å². The molecule has 0 atom stereocenters. The van der Waals surface area contributed by atoms with E-state index in [1.54, 1.807) is 6.92 Å². The number of halogens is 3. The zero-order valence-electron chi connectivity index (χ0n) is 11.3. The Balaban J connectivity index is 2.57. The van der Waals surface area contributed by atoms with Crippen molar-refractivity contribution >= 4 is 12.0 Å². The molecule has 5 nitrogen and oxygen atoms in total. The molecule has 0 radical (unpaired) electrons. The topological polar surface area (TPSA) is 60.9 Å². The summed E-state index contributed by atoms with van der Waals surface area (Å²) in [5.74, 6) is -2.50. The van der Waals surface area contributed by atoms with Crippen molar-refractivity contribution in [3.05, 3.63) is 0 Å². The molecule has 0 aromatic rings. The molecule has 1 fully saturated rings. The van der Waals surface area contributed by atoms with Gasteiger partial charge in [0.1, 0.15) is 6.54 Å². The molecule has 0 spiro atoms. The van der Waals surface area contributed by atoms with E-state index >= 15 is 0 Å². The Kier molecular flexibility index (Phi) is 5.64. The second-order valence-corrected chi connectivity index (χ2v) is 4.90. The van der Waals surface area contributed by atoms with Crippen LogP contribution in [0.2, 0.25) is 0 Å². The van der Waals surface area contributed by atoms with Gasteiger partial charge in [-0.05, 0) is 19.3 Å². The molecule has 0 aliphatic carbocycles. The van der Waals surface area contributed by atoms with Gasteiger partial charge in [0.15, 0.2) is 0 Å². The van der Waals surface area contributed by atoms with Gasteiger partial charge in [0.25, 0.3) is 0 Å². The second-order valence-electron chi connectivity index (χ2n) is 4.90. The summed E-state index contributed by atoms with van der Waals surface area (Å²) in [4.78, 5) is 25.3. The van der Waals surface area contributed by atoms with E-state index < -0.39 is 30.6 Å². The lowest BCUT2D eigenvalue weighted by atomic mass is 9.96. The van der Waals surface area contributed by atoms with Gasteiger partial charge in [-0.15, -0.1) is 0 Å². The first-order chi connectivity index (χ1) is 9.25. The zero-order chi connectivity index (χ0) is 15.3. The van der Waals surface area contributed by atoms with E-state index in [1.807, 2.05) is 0 Å². The molecule has 1 aliphatic rings. The SMILES string of the molecule is CCCN(CC(=O)O)C(=O)N1CCC(C(F)(F)F)CC1. The third kappa shape index (κ3) is 4.57. The summed E-state index contributed by atoms with van der Waals surface area (Å²) in [5.41, 5.74) is 0. The van der Waals surface area contributed by atoms with Crippen LogP contribution in [0.25, 0.3) is 0 Å². The summed E-state index contributed by atoms with van der Waals surface area (Å²) in [6.07, 6.45) is -3.87. The minimum atomic E-state index is -4.22.